The molecule has 0 amide bonds. The van der Waals surface area contributed by atoms with Crippen LogP contribution in [-0.2, 0) is 16.2 Å². The third kappa shape index (κ3) is 5.64. The molecular weight excluding hydrogens is 627 g/mol. The highest BCUT2D eigenvalue weighted by atomic mass is 15.1. The first-order valence-electron chi connectivity index (χ1n) is 18.7. The summed E-state index contributed by atoms with van der Waals surface area (Å²) in [4.78, 5) is 2.57. The molecule has 0 aromatic heterocycles. The predicted molar refractivity (Wildman–Crippen MR) is 224 cm³/mol. The summed E-state index contributed by atoms with van der Waals surface area (Å²) in [5, 5.41) is 2.51. The summed E-state index contributed by atoms with van der Waals surface area (Å²) in [5.74, 6) is 0. The highest BCUT2D eigenvalue weighted by Crippen LogP contribution is 2.55. The van der Waals surface area contributed by atoms with E-state index in [9.17, 15) is 0 Å². The Balaban J connectivity index is 1.48. The Hall–Kier alpha value is -5.40. The molecule has 0 fully saturated rings. The summed E-state index contributed by atoms with van der Waals surface area (Å²) in [5.41, 5.74) is 16.3. The molecule has 1 heteroatoms. The van der Waals surface area contributed by atoms with Gasteiger partial charge in [0, 0.05) is 22.2 Å². The number of rotatable bonds is 5. The average molecular weight is 676 g/mol. The number of anilines is 3. The second-order valence-electron chi connectivity index (χ2n) is 17.1. The first-order valence-corrected chi connectivity index (χ1v) is 18.7. The van der Waals surface area contributed by atoms with Crippen molar-refractivity contribution in [2.45, 2.75) is 71.6 Å². The van der Waals surface area contributed by atoms with Crippen molar-refractivity contribution < 1.29 is 0 Å². The highest BCUT2D eigenvalue weighted by Gasteiger charge is 2.38. The van der Waals surface area contributed by atoms with E-state index in [-0.39, 0.29) is 16.2 Å². The van der Waals surface area contributed by atoms with E-state index < -0.39 is 0 Å². The molecule has 258 valence electrons. The number of nitrogens with zero attached hydrogens (tertiary/aromatic N) is 1. The fourth-order valence-electron chi connectivity index (χ4n) is 8.26. The smallest absolute Gasteiger partial charge is 0.0543 e. The zero-order chi connectivity index (χ0) is 36.4. The van der Waals surface area contributed by atoms with Crippen LogP contribution in [0.25, 0.3) is 44.2 Å². The van der Waals surface area contributed by atoms with E-state index in [1.54, 1.807) is 0 Å². The minimum atomic E-state index is -0.114. The molecule has 0 radical (unpaired) electrons. The maximum absolute atomic E-state index is 2.57. The Bertz CT molecular complexity index is 2410. The van der Waals surface area contributed by atoms with Gasteiger partial charge in [-0.2, -0.15) is 0 Å². The summed E-state index contributed by atoms with van der Waals surface area (Å²) in [6.45, 7) is 18.7. The van der Waals surface area contributed by atoms with Crippen molar-refractivity contribution in [1.82, 2.24) is 0 Å². The lowest BCUT2D eigenvalue weighted by Crippen LogP contribution is -2.20. The largest absolute Gasteiger partial charge is 0.309 e. The van der Waals surface area contributed by atoms with Crippen LogP contribution in [0.5, 0.6) is 0 Å². The van der Waals surface area contributed by atoms with Crippen LogP contribution in [0.4, 0.5) is 17.1 Å². The molecule has 1 nitrogen and oxygen atoms in total. The van der Waals surface area contributed by atoms with Gasteiger partial charge in [-0.3, -0.25) is 0 Å². The predicted octanol–water partition coefficient (Wildman–Crippen LogP) is 14.5. The van der Waals surface area contributed by atoms with Crippen molar-refractivity contribution >= 4 is 27.8 Å². The van der Waals surface area contributed by atoms with E-state index >= 15 is 0 Å². The minimum Gasteiger partial charge on any atom is -0.309 e. The highest BCUT2D eigenvalue weighted by molar-refractivity contribution is 6.09. The number of para-hydroxylation sites is 1. The molecule has 0 bridgehead atoms. The van der Waals surface area contributed by atoms with Gasteiger partial charge in [0.15, 0.2) is 0 Å². The van der Waals surface area contributed by atoms with Gasteiger partial charge < -0.3 is 4.90 Å². The summed E-state index contributed by atoms with van der Waals surface area (Å²) >= 11 is 0. The van der Waals surface area contributed by atoms with Crippen LogP contribution in [0, 0.1) is 0 Å². The van der Waals surface area contributed by atoms with Crippen molar-refractivity contribution in [3.05, 3.63) is 174 Å². The first-order chi connectivity index (χ1) is 24.8. The standard InChI is InChI=1S/C51H49N/c1-49(2,3)36-31-37(50(4,5)6)33-38(32-36)52(46-30-18-28-44-48(46)42-24-12-14-27-43(42)51(44,7)8)45-29-15-13-23-40(45)41-26-17-22-35-21-16-25-39(47(35)41)34-19-10-9-11-20-34/h9-33H,1-8H3. The molecule has 0 aliphatic heterocycles. The second kappa shape index (κ2) is 12.4. The van der Waals surface area contributed by atoms with Gasteiger partial charge in [0.25, 0.3) is 0 Å². The molecule has 0 heterocycles. The van der Waals surface area contributed by atoms with Crippen LogP contribution in [0.1, 0.15) is 77.6 Å². The summed E-state index contributed by atoms with van der Waals surface area (Å²) in [6.07, 6.45) is 0. The van der Waals surface area contributed by atoms with Gasteiger partial charge in [-0.1, -0.05) is 183 Å². The Morgan fingerprint density at radius 1 is 0.442 bits per heavy atom. The zero-order valence-corrected chi connectivity index (χ0v) is 31.9. The quantitative estimate of drug-likeness (QED) is 0.175. The Kier molecular flexibility index (Phi) is 8.03. The molecule has 0 unspecified atom stereocenters. The summed E-state index contributed by atoms with van der Waals surface area (Å²) in [6, 6.07) is 56.6. The van der Waals surface area contributed by atoms with Crippen molar-refractivity contribution in [3.8, 4) is 33.4 Å². The number of hydrogen-bond donors (Lipinski definition) is 0. The Morgan fingerprint density at radius 2 is 0.962 bits per heavy atom. The third-order valence-corrected chi connectivity index (χ3v) is 11.2. The average Bonchev–Trinajstić information content (AvgIpc) is 3.37. The zero-order valence-electron chi connectivity index (χ0n) is 31.9. The van der Waals surface area contributed by atoms with Crippen LogP contribution in [0.2, 0.25) is 0 Å². The van der Waals surface area contributed by atoms with Gasteiger partial charge in [0.2, 0.25) is 0 Å². The molecule has 0 saturated carbocycles. The molecule has 7 aromatic carbocycles. The topological polar surface area (TPSA) is 3.24 Å². The monoisotopic (exact) mass is 675 g/mol. The molecule has 0 spiro atoms. The SMILES string of the molecule is CC(C)(C)c1cc(N(c2ccccc2-c2cccc3cccc(-c4ccccc4)c23)c2cccc3c2-c2ccccc2C3(C)C)cc(C(C)(C)C)c1. The summed E-state index contributed by atoms with van der Waals surface area (Å²) < 4.78 is 0. The molecular formula is C51H49N. The van der Waals surface area contributed by atoms with Gasteiger partial charge in [0.1, 0.15) is 0 Å². The van der Waals surface area contributed by atoms with Crippen molar-refractivity contribution in [2.75, 3.05) is 4.90 Å². The molecule has 0 saturated heterocycles. The number of fused-ring (bicyclic) bond motifs is 4. The molecule has 0 atom stereocenters. The Labute approximate surface area is 310 Å². The van der Waals surface area contributed by atoms with E-state index in [4.69, 9.17) is 0 Å². The third-order valence-electron chi connectivity index (χ3n) is 11.2. The van der Waals surface area contributed by atoms with Gasteiger partial charge >= 0.3 is 0 Å². The van der Waals surface area contributed by atoms with Crippen LogP contribution in [0.3, 0.4) is 0 Å². The van der Waals surface area contributed by atoms with Crippen LogP contribution >= 0.6 is 0 Å². The molecule has 8 rings (SSSR count). The number of benzene rings is 7. The van der Waals surface area contributed by atoms with E-state index in [1.165, 1.54) is 83.5 Å². The van der Waals surface area contributed by atoms with Crippen molar-refractivity contribution in [2.24, 2.45) is 0 Å². The van der Waals surface area contributed by atoms with Gasteiger partial charge in [-0.25, -0.2) is 0 Å². The van der Waals surface area contributed by atoms with Gasteiger partial charge in [-0.05, 0) is 90.4 Å². The normalized spacial score (nSPS) is 13.5. The van der Waals surface area contributed by atoms with Gasteiger partial charge in [-0.15, -0.1) is 0 Å². The lowest BCUT2D eigenvalue weighted by Gasteiger charge is -2.34. The molecule has 52 heavy (non-hydrogen) atoms. The van der Waals surface area contributed by atoms with Crippen LogP contribution in [-0.4, -0.2) is 0 Å². The molecule has 0 N–H and O–H groups in total. The van der Waals surface area contributed by atoms with E-state index in [0.29, 0.717) is 0 Å². The molecule has 7 aromatic rings. The minimum absolute atomic E-state index is 0.0331. The van der Waals surface area contributed by atoms with Crippen LogP contribution in [0.15, 0.2) is 152 Å². The fourth-order valence-corrected chi connectivity index (χ4v) is 8.26. The molecule has 1 aliphatic carbocycles. The first kappa shape index (κ1) is 33.7. The van der Waals surface area contributed by atoms with Gasteiger partial charge in [0.05, 0.1) is 11.4 Å². The lowest BCUT2D eigenvalue weighted by atomic mass is 9.80. The molecule has 1 aliphatic rings. The van der Waals surface area contributed by atoms with Crippen molar-refractivity contribution in [1.29, 1.82) is 0 Å². The van der Waals surface area contributed by atoms with E-state index in [2.05, 4.69) is 212 Å². The van der Waals surface area contributed by atoms with Crippen molar-refractivity contribution in [3.63, 3.8) is 0 Å². The van der Waals surface area contributed by atoms with Crippen LogP contribution < -0.4 is 4.90 Å². The van der Waals surface area contributed by atoms with E-state index in [0.717, 1.165) is 0 Å². The number of hydrogen-bond acceptors (Lipinski definition) is 1. The lowest BCUT2D eigenvalue weighted by molar-refractivity contribution is 0.569. The maximum atomic E-state index is 2.57. The second-order valence-corrected chi connectivity index (χ2v) is 17.1. The maximum Gasteiger partial charge on any atom is 0.0543 e. The fraction of sp³-hybridized carbons (Fsp3) is 0.216. The van der Waals surface area contributed by atoms with E-state index in [1.807, 2.05) is 0 Å². The Morgan fingerprint density at radius 3 is 1.63 bits per heavy atom. The summed E-state index contributed by atoms with van der Waals surface area (Å²) in [7, 11) is 0.